The van der Waals surface area contributed by atoms with Crippen molar-refractivity contribution in [1.82, 2.24) is 10.2 Å². The van der Waals surface area contributed by atoms with Crippen molar-refractivity contribution < 1.29 is 32.6 Å². The fourth-order valence-corrected chi connectivity index (χ4v) is 3.91. The molecule has 204 valence electrons. The number of hydrogen-bond donors (Lipinski definition) is 4. The number of carbonyl (C=O) groups is 2. The Morgan fingerprint density at radius 3 is 2.29 bits per heavy atom. The minimum absolute atomic E-state index is 0.0414. The van der Waals surface area contributed by atoms with E-state index in [-0.39, 0.29) is 24.1 Å². The summed E-state index contributed by atoms with van der Waals surface area (Å²) in [5, 5.41) is 23.1. The number of carboxylic acid groups (broad SMARTS) is 1. The first-order valence-electron chi connectivity index (χ1n) is 11.2. The summed E-state index contributed by atoms with van der Waals surface area (Å²) in [7, 11) is 3.31. The van der Waals surface area contributed by atoms with Crippen LogP contribution in [0.15, 0.2) is 71.9 Å². The van der Waals surface area contributed by atoms with Gasteiger partial charge in [-0.1, -0.05) is 30.8 Å². The normalized spacial score (nSPS) is 12.3. The number of nitrogens with zero attached hydrogens (tertiary/aromatic N) is 1. The monoisotopic (exact) mass is 550 g/mol. The van der Waals surface area contributed by atoms with Crippen molar-refractivity contribution in [2.75, 3.05) is 19.4 Å². The van der Waals surface area contributed by atoms with Gasteiger partial charge in [0.25, 0.3) is 0 Å². The molecule has 0 heterocycles. The van der Waals surface area contributed by atoms with E-state index >= 15 is 0 Å². The van der Waals surface area contributed by atoms with Gasteiger partial charge in [-0.05, 0) is 42.3 Å². The number of hydrogen-bond acceptors (Lipinski definition) is 6. The lowest BCUT2D eigenvalue weighted by Gasteiger charge is -2.17. The molecule has 2 aromatic carbocycles. The fraction of sp³-hybridized carbons (Fsp3) is 0.269. The molecule has 2 rings (SSSR count). The number of carboxylic acids is 1. The zero-order valence-corrected chi connectivity index (χ0v) is 21.9. The van der Waals surface area contributed by atoms with Crippen LogP contribution >= 0.6 is 11.8 Å². The molecule has 0 aliphatic carbocycles. The topological polar surface area (TPSA) is 115 Å². The lowest BCUT2D eigenvalue weighted by molar-refractivity contribution is -0.138. The highest BCUT2D eigenvalue weighted by atomic mass is 32.2. The van der Waals surface area contributed by atoms with Crippen LogP contribution < -0.4 is 10.6 Å². The number of amidine groups is 1. The van der Waals surface area contributed by atoms with E-state index < -0.39 is 23.8 Å². The number of likely N-dealkylation sites (N-methyl/N-ethyl adjacent to an activating group) is 1. The van der Waals surface area contributed by atoms with Gasteiger partial charge in [-0.3, -0.25) is 15.5 Å². The molecule has 0 aliphatic rings. The van der Waals surface area contributed by atoms with Gasteiger partial charge < -0.3 is 20.1 Å². The van der Waals surface area contributed by atoms with Crippen molar-refractivity contribution in [3.05, 3.63) is 88.6 Å². The molecule has 0 fully saturated rings. The van der Waals surface area contributed by atoms with Gasteiger partial charge in [-0.2, -0.15) is 13.2 Å². The third kappa shape index (κ3) is 9.85. The van der Waals surface area contributed by atoms with Crippen LogP contribution in [0, 0.1) is 5.41 Å². The maximum atomic E-state index is 12.6. The number of aliphatic carboxylic acids is 1. The van der Waals surface area contributed by atoms with Gasteiger partial charge in [-0.25, -0.2) is 4.79 Å². The molecule has 1 atom stereocenters. The third-order valence-corrected chi connectivity index (χ3v) is 6.13. The van der Waals surface area contributed by atoms with Crippen molar-refractivity contribution in [3.63, 3.8) is 0 Å². The number of carbonyl (C=O) groups excluding carboxylic acids is 1. The lowest BCUT2D eigenvalue weighted by Crippen LogP contribution is -2.25. The molecule has 0 radical (unpaired) electrons. The van der Waals surface area contributed by atoms with Crippen LogP contribution in [0.2, 0.25) is 0 Å². The zero-order chi connectivity index (χ0) is 28.5. The second-order valence-electron chi connectivity index (χ2n) is 8.33. The number of amides is 1. The average Bonchev–Trinajstić information content (AvgIpc) is 2.84. The van der Waals surface area contributed by atoms with E-state index in [1.54, 1.807) is 26.2 Å². The summed E-state index contributed by atoms with van der Waals surface area (Å²) < 4.78 is 43.0. The predicted octanol–water partition coefficient (Wildman–Crippen LogP) is 6.21. The van der Waals surface area contributed by atoms with Gasteiger partial charge in [0.05, 0.1) is 17.0 Å². The van der Waals surface area contributed by atoms with Crippen LogP contribution in [0.3, 0.4) is 0 Å². The Hall–Kier alpha value is -3.93. The van der Waals surface area contributed by atoms with Gasteiger partial charge in [0.2, 0.25) is 0 Å². The van der Waals surface area contributed by atoms with Crippen LogP contribution in [0.1, 0.15) is 35.3 Å². The minimum atomic E-state index is -4.43. The van der Waals surface area contributed by atoms with E-state index in [0.29, 0.717) is 21.9 Å². The van der Waals surface area contributed by atoms with E-state index in [9.17, 15) is 22.8 Å². The molecule has 0 bridgehead atoms. The maximum Gasteiger partial charge on any atom is 0.416 e. The van der Waals surface area contributed by atoms with Crippen LogP contribution in [-0.4, -0.2) is 42.0 Å². The van der Waals surface area contributed by atoms with Gasteiger partial charge >= 0.3 is 18.2 Å². The maximum absolute atomic E-state index is 12.6. The number of nitrogens with one attached hydrogen (secondary N) is 3. The van der Waals surface area contributed by atoms with Crippen molar-refractivity contribution >= 4 is 35.3 Å². The Bertz CT molecular complexity index is 1180. The molecule has 38 heavy (non-hydrogen) atoms. The van der Waals surface area contributed by atoms with E-state index in [1.165, 1.54) is 35.0 Å². The minimum Gasteiger partial charge on any atom is -0.481 e. The number of rotatable bonds is 11. The first kappa shape index (κ1) is 30.3. The Labute approximate surface area is 223 Å². The SMILES string of the molecule is C=C(NC=C(CC(=O)O)C(=N)N(C)C)SC(C)c1ccc(NC(=O)OCc2ccc(C(F)(F)F)cc2)cc1. The first-order valence-corrected chi connectivity index (χ1v) is 12.1. The van der Waals surface area contributed by atoms with E-state index in [2.05, 4.69) is 17.2 Å². The molecule has 2 aromatic rings. The number of alkyl halides is 3. The molecular formula is C26H29F3N4O4S. The molecule has 1 unspecified atom stereocenters. The Morgan fingerprint density at radius 1 is 1.16 bits per heavy atom. The Balaban J connectivity index is 1.87. The summed E-state index contributed by atoms with van der Waals surface area (Å²) in [4.78, 5) is 24.7. The average molecular weight is 551 g/mol. The third-order valence-electron chi connectivity index (χ3n) is 5.10. The van der Waals surface area contributed by atoms with Gasteiger partial charge in [0.15, 0.2) is 0 Å². The first-order chi connectivity index (χ1) is 17.8. The molecule has 0 aromatic heterocycles. The number of benzene rings is 2. The molecule has 0 saturated carbocycles. The fourth-order valence-electron chi connectivity index (χ4n) is 3.07. The number of thioether (sulfide) groups is 1. The lowest BCUT2D eigenvalue weighted by atomic mass is 10.1. The standard InChI is InChI=1S/C26H29F3N4O4S/c1-16(38-17(2)31-14-20(13-23(34)35)24(30)33(3)4)19-7-11-22(12-8-19)32-25(36)37-15-18-5-9-21(10-6-18)26(27,28)29/h5-12,14,16,30-31H,2,13,15H2,1,3-4H3,(H,32,36)(H,34,35). The highest BCUT2D eigenvalue weighted by molar-refractivity contribution is 8.03. The van der Waals surface area contributed by atoms with Crippen molar-refractivity contribution in [2.45, 2.75) is 31.4 Å². The highest BCUT2D eigenvalue weighted by Crippen LogP contribution is 2.33. The predicted molar refractivity (Wildman–Crippen MR) is 142 cm³/mol. The molecular weight excluding hydrogens is 521 g/mol. The molecule has 1 amide bonds. The summed E-state index contributed by atoms with van der Waals surface area (Å²) >= 11 is 1.40. The summed E-state index contributed by atoms with van der Waals surface area (Å²) in [6.07, 6.45) is -4.02. The largest absolute Gasteiger partial charge is 0.481 e. The van der Waals surface area contributed by atoms with Gasteiger partial charge in [-0.15, -0.1) is 11.8 Å². The smallest absolute Gasteiger partial charge is 0.416 e. The summed E-state index contributed by atoms with van der Waals surface area (Å²) in [5.74, 6) is -0.972. The van der Waals surface area contributed by atoms with E-state index in [4.69, 9.17) is 15.3 Å². The van der Waals surface area contributed by atoms with Crippen LogP contribution in [-0.2, 0) is 22.3 Å². The number of anilines is 1. The molecule has 12 heteroatoms. The van der Waals surface area contributed by atoms with Gasteiger partial charge in [0, 0.05) is 36.8 Å². The van der Waals surface area contributed by atoms with Crippen LogP contribution in [0.25, 0.3) is 0 Å². The number of ether oxygens (including phenoxy) is 1. The van der Waals surface area contributed by atoms with Crippen molar-refractivity contribution in [3.8, 4) is 0 Å². The van der Waals surface area contributed by atoms with E-state index in [0.717, 1.165) is 17.7 Å². The Kier molecular flexibility index (Phi) is 10.8. The molecule has 0 saturated heterocycles. The quantitative estimate of drug-likeness (QED) is 0.194. The van der Waals surface area contributed by atoms with Crippen LogP contribution in [0.4, 0.5) is 23.7 Å². The summed E-state index contributed by atoms with van der Waals surface area (Å²) in [6, 6.07) is 11.4. The second kappa shape index (κ2) is 13.6. The second-order valence-corrected chi connectivity index (χ2v) is 9.76. The van der Waals surface area contributed by atoms with Crippen molar-refractivity contribution in [1.29, 1.82) is 5.41 Å². The van der Waals surface area contributed by atoms with E-state index in [1.807, 2.05) is 19.1 Å². The summed E-state index contributed by atoms with van der Waals surface area (Å²) in [6.45, 7) is 5.71. The van der Waals surface area contributed by atoms with Gasteiger partial charge in [0.1, 0.15) is 12.4 Å². The number of halogens is 3. The molecule has 0 aliphatic heterocycles. The zero-order valence-electron chi connectivity index (χ0n) is 21.1. The summed E-state index contributed by atoms with van der Waals surface area (Å²) in [5.41, 5.74) is 1.35. The molecule has 4 N–H and O–H groups in total. The van der Waals surface area contributed by atoms with Crippen LogP contribution in [0.5, 0.6) is 0 Å². The molecule has 8 nitrogen and oxygen atoms in total. The molecule has 0 spiro atoms. The Morgan fingerprint density at radius 2 is 1.76 bits per heavy atom. The van der Waals surface area contributed by atoms with Crippen molar-refractivity contribution in [2.24, 2.45) is 0 Å². The highest BCUT2D eigenvalue weighted by Gasteiger charge is 2.29.